The van der Waals surface area contributed by atoms with E-state index in [1.165, 1.54) is 0 Å². The molecule has 1 amide bonds. The van der Waals surface area contributed by atoms with E-state index in [9.17, 15) is 18.3 Å². The van der Waals surface area contributed by atoms with Gasteiger partial charge >= 0.3 is 0 Å². The Balaban J connectivity index is 1.55. The number of sulfone groups is 1. The van der Waals surface area contributed by atoms with E-state index in [1.54, 1.807) is 4.90 Å². The molecule has 3 aliphatic heterocycles. The van der Waals surface area contributed by atoms with Gasteiger partial charge in [0, 0.05) is 26.2 Å². The van der Waals surface area contributed by atoms with Crippen molar-refractivity contribution in [2.45, 2.75) is 18.4 Å². The first-order valence-corrected chi connectivity index (χ1v) is 9.71. The minimum Gasteiger partial charge on any atom is -0.387 e. The highest BCUT2D eigenvalue weighted by molar-refractivity contribution is 7.91. The van der Waals surface area contributed by atoms with E-state index >= 15 is 0 Å². The van der Waals surface area contributed by atoms with Crippen LogP contribution < -0.4 is 0 Å². The number of nitrogens with zero attached hydrogens (tertiary/aromatic N) is 2. The maximum Gasteiger partial charge on any atom is 0.226 e. The van der Waals surface area contributed by atoms with Gasteiger partial charge in [0.05, 0.1) is 42.8 Å². The van der Waals surface area contributed by atoms with Gasteiger partial charge in [-0.05, 0) is 12.8 Å². The molecule has 3 aliphatic rings. The maximum atomic E-state index is 12.4. The molecule has 3 fully saturated rings. The zero-order valence-corrected chi connectivity index (χ0v) is 13.6. The molecule has 1 N–H and O–H groups in total. The largest absolute Gasteiger partial charge is 0.387 e. The summed E-state index contributed by atoms with van der Waals surface area (Å²) in [5.41, 5.74) is -0.884. The zero-order chi connectivity index (χ0) is 15.8. The van der Waals surface area contributed by atoms with Gasteiger partial charge in [0.25, 0.3) is 0 Å². The Bertz CT molecular complexity index is 531. The second-order valence-electron chi connectivity index (χ2n) is 6.72. The number of aliphatic hydroxyl groups is 1. The van der Waals surface area contributed by atoms with Gasteiger partial charge < -0.3 is 14.7 Å². The van der Waals surface area contributed by atoms with Crippen LogP contribution in [-0.2, 0) is 19.4 Å². The molecule has 0 unspecified atom stereocenters. The molecule has 126 valence electrons. The molecule has 7 nitrogen and oxygen atoms in total. The van der Waals surface area contributed by atoms with Crippen LogP contribution in [0.1, 0.15) is 12.8 Å². The highest BCUT2D eigenvalue weighted by Crippen LogP contribution is 2.27. The summed E-state index contributed by atoms with van der Waals surface area (Å²) < 4.78 is 28.3. The van der Waals surface area contributed by atoms with E-state index < -0.39 is 21.4 Å². The van der Waals surface area contributed by atoms with Gasteiger partial charge in [-0.1, -0.05) is 0 Å². The van der Waals surface area contributed by atoms with Gasteiger partial charge in [-0.25, -0.2) is 8.42 Å². The molecule has 0 bridgehead atoms. The van der Waals surface area contributed by atoms with E-state index in [-0.39, 0.29) is 17.4 Å². The number of rotatable bonds is 3. The van der Waals surface area contributed by atoms with Gasteiger partial charge in [0.2, 0.25) is 5.91 Å². The molecule has 2 atom stereocenters. The smallest absolute Gasteiger partial charge is 0.226 e. The molecule has 0 spiro atoms. The SMILES string of the molecule is O=C([C@H]1CCS(=O)(=O)C1)N1CC[C@@](O)(CN2CCOCC2)C1. The van der Waals surface area contributed by atoms with Crippen molar-refractivity contribution in [3.05, 3.63) is 0 Å². The van der Waals surface area contributed by atoms with Crippen molar-refractivity contribution in [2.24, 2.45) is 5.92 Å². The van der Waals surface area contributed by atoms with Gasteiger partial charge in [0.15, 0.2) is 9.84 Å². The van der Waals surface area contributed by atoms with Crippen molar-refractivity contribution in [3.8, 4) is 0 Å². The summed E-state index contributed by atoms with van der Waals surface area (Å²) >= 11 is 0. The van der Waals surface area contributed by atoms with Gasteiger partial charge in [-0.3, -0.25) is 9.69 Å². The Morgan fingerprint density at radius 3 is 2.64 bits per heavy atom. The van der Waals surface area contributed by atoms with E-state index in [0.717, 1.165) is 13.1 Å². The van der Waals surface area contributed by atoms with Crippen LogP contribution in [-0.4, -0.2) is 92.3 Å². The molecule has 3 saturated heterocycles. The monoisotopic (exact) mass is 332 g/mol. The number of β-amino-alcohol motifs (C(OH)–C–C–N with tert-alkyl or cyclic N) is 1. The molecule has 0 saturated carbocycles. The number of amides is 1. The maximum absolute atomic E-state index is 12.4. The number of likely N-dealkylation sites (tertiary alicyclic amines) is 1. The van der Waals surface area contributed by atoms with Crippen molar-refractivity contribution in [1.29, 1.82) is 0 Å². The average Bonchev–Trinajstić information content (AvgIpc) is 3.02. The number of morpholine rings is 1. The molecule has 8 heteroatoms. The molecule has 3 rings (SSSR count). The second kappa shape index (κ2) is 6.07. The first kappa shape index (κ1) is 16.2. The third-order valence-corrected chi connectivity index (χ3v) is 6.62. The molecule has 0 aromatic heterocycles. The van der Waals surface area contributed by atoms with Crippen LogP contribution in [0.4, 0.5) is 0 Å². The van der Waals surface area contributed by atoms with Crippen molar-refractivity contribution in [3.63, 3.8) is 0 Å². The summed E-state index contributed by atoms with van der Waals surface area (Å²) in [6.45, 7) is 4.32. The number of hydrogen-bond donors (Lipinski definition) is 1. The molecular weight excluding hydrogens is 308 g/mol. The minimum absolute atomic E-state index is 0.0375. The molecule has 0 aromatic carbocycles. The first-order valence-electron chi connectivity index (χ1n) is 7.89. The van der Waals surface area contributed by atoms with Crippen molar-refractivity contribution < 1.29 is 23.1 Å². The van der Waals surface area contributed by atoms with Gasteiger partial charge in [-0.2, -0.15) is 0 Å². The van der Waals surface area contributed by atoms with Crippen LogP contribution in [0.2, 0.25) is 0 Å². The van der Waals surface area contributed by atoms with Crippen molar-refractivity contribution in [2.75, 3.05) is 57.4 Å². The fourth-order valence-corrected chi connectivity index (χ4v) is 5.33. The van der Waals surface area contributed by atoms with E-state index in [4.69, 9.17) is 4.74 Å². The highest BCUT2D eigenvalue weighted by Gasteiger charge is 2.43. The third-order valence-electron chi connectivity index (χ3n) is 4.85. The Labute approximate surface area is 131 Å². The highest BCUT2D eigenvalue weighted by atomic mass is 32.2. The lowest BCUT2D eigenvalue weighted by Crippen LogP contribution is -2.49. The molecule has 0 radical (unpaired) electrons. The Morgan fingerprint density at radius 1 is 1.27 bits per heavy atom. The standard InChI is InChI=1S/C14H24N2O5S/c17-13(12-1-8-22(19,20)9-12)16-3-2-14(18,11-16)10-15-4-6-21-7-5-15/h12,18H,1-11H2/t12-,14+/m0/s1. The van der Waals surface area contributed by atoms with Crippen LogP contribution in [0, 0.1) is 5.92 Å². The van der Waals surface area contributed by atoms with Crippen LogP contribution in [0.5, 0.6) is 0 Å². The molecule has 3 heterocycles. The number of carbonyl (C=O) groups is 1. The van der Waals surface area contributed by atoms with Crippen LogP contribution >= 0.6 is 0 Å². The number of hydrogen-bond acceptors (Lipinski definition) is 6. The summed E-state index contributed by atoms with van der Waals surface area (Å²) in [4.78, 5) is 16.2. The molecule has 0 aromatic rings. The van der Waals surface area contributed by atoms with Crippen LogP contribution in [0.3, 0.4) is 0 Å². The van der Waals surface area contributed by atoms with Gasteiger partial charge in [0.1, 0.15) is 0 Å². The quantitative estimate of drug-likeness (QED) is 0.692. The summed E-state index contributed by atoms with van der Waals surface area (Å²) in [7, 11) is -3.05. The van der Waals surface area contributed by atoms with E-state index in [2.05, 4.69) is 4.90 Å². The van der Waals surface area contributed by atoms with Gasteiger partial charge in [-0.15, -0.1) is 0 Å². The minimum atomic E-state index is -3.05. The first-order chi connectivity index (χ1) is 10.4. The van der Waals surface area contributed by atoms with Crippen LogP contribution in [0.25, 0.3) is 0 Å². The third kappa shape index (κ3) is 3.61. The summed E-state index contributed by atoms with van der Waals surface area (Å²) in [5.74, 6) is -0.464. The summed E-state index contributed by atoms with van der Waals surface area (Å²) in [5, 5.41) is 10.7. The Hall–Kier alpha value is -0.700. The molecular formula is C14H24N2O5S. The second-order valence-corrected chi connectivity index (χ2v) is 8.95. The molecule has 22 heavy (non-hydrogen) atoms. The predicted molar refractivity (Wildman–Crippen MR) is 80.2 cm³/mol. The predicted octanol–water partition coefficient (Wildman–Crippen LogP) is -1.28. The molecule has 0 aliphatic carbocycles. The Kier molecular flexibility index (Phi) is 4.46. The number of ether oxygens (including phenoxy) is 1. The number of carbonyl (C=O) groups excluding carboxylic acids is 1. The van der Waals surface area contributed by atoms with Crippen molar-refractivity contribution in [1.82, 2.24) is 9.80 Å². The lowest BCUT2D eigenvalue weighted by Gasteiger charge is -2.33. The lowest BCUT2D eigenvalue weighted by molar-refractivity contribution is -0.134. The summed E-state index contributed by atoms with van der Waals surface area (Å²) in [6, 6.07) is 0. The summed E-state index contributed by atoms with van der Waals surface area (Å²) in [6.07, 6.45) is 0.967. The van der Waals surface area contributed by atoms with Crippen LogP contribution in [0.15, 0.2) is 0 Å². The van der Waals surface area contributed by atoms with E-state index in [1.807, 2.05) is 0 Å². The zero-order valence-electron chi connectivity index (χ0n) is 12.7. The van der Waals surface area contributed by atoms with Crippen molar-refractivity contribution >= 4 is 15.7 Å². The average molecular weight is 332 g/mol. The fraction of sp³-hybridized carbons (Fsp3) is 0.929. The van der Waals surface area contributed by atoms with E-state index in [0.29, 0.717) is 45.7 Å². The normalized spacial score (nSPS) is 35.9. The Morgan fingerprint density at radius 2 is 2.00 bits per heavy atom. The topological polar surface area (TPSA) is 87.2 Å². The lowest BCUT2D eigenvalue weighted by atomic mass is 10.0. The fourth-order valence-electron chi connectivity index (χ4n) is 3.60.